The summed E-state index contributed by atoms with van der Waals surface area (Å²) in [6, 6.07) is 74.9. The molecule has 3 aliphatic rings. The van der Waals surface area contributed by atoms with Crippen molar-refractivity contribution >= 4 is 28.7 Å². The Hall–Kier alpha value is -6.70. The maximum Gasteiger partial charge on any atom is 0.0713 e. The summed E-state index contributed by atoms with van der Waals surface area (Å²) in [6.07, 6.45) is 11.1. The van der Waals surface area contributed by atoms with Gasteiger partial charge in [-0.2, -0.15) is 0 Å². The van der Waals surface area contributed by atoms with Crippen molar-refractivity contribution in [1.29, 1.82) is 0 Å². The Balaban J connectivity index is 1.17. The fourth-order valence-corrected chi connectivity index (χ4v) is 11.2. The largest absolute Gasteiger partial charge is 0.309 e. The molecular formula is C59H49N. The van der Waals surface area contributed by atoms with E-state index in [1.165, 1.54) is 110 Å². The number of hydrogen-bond donors (Lipinski definition) is 0. The minimum Gasteiger partial charge on any atom is -0.309 e. The van der Waals surface area contributed by atoms with Crippen molar-refractivity contribution in [2.24, 2.45) is 0 Å². The molecule has 1 saturated carbocycles. The first-order valence-electron chi connectivity index (χ1n) is 22.0. The molecule has 290 valence electrons. The van der Waals surface area contributed by atoms with E-state index in [0.717, 1.165) is 18.5 Å². The van der Waals surface area contributed by atoms with Gasteiger partial charge in [-0.3, -0.25) is 0 Å². The number of benzene rings is 8. The van der Waals surface area contributed by atoms with Gasteiger partial charge in [-0.15, -0.1) is 0 Å². The Kier molecular flexibility index (Phi) is 9.39. The second-order valence-corrected chi connectivity index (χ2v) is 16.8. The lowest BCUT2D eigenvalue weighted by atomic mass is 9.67. The summed E-state index contributed by atoms with van der Waals surface area (Å²) in [5.41, 5.74) is 17.7. The first-order valence-corrected chi connectivity index (χ1v) is 22.0. The van der Waals surface area contributed by atoms with Crippen LogP contribution in [0.25, 0.3) is 33.9 Å². The van der Waals surface area contributed by atoms with Gasteiger partial charge >= 0.3 is 0 Å². The fourth-order valence-electron chi connectivity index (χ4n) is 11.2. The van der Waals surface area contributed by atoms with Gasteiger partial charge in [-0.05, 0) is 116 Å². The van der Waals surface area contributed by atoms with Crippen LogP contribution in [0.4, 0.5) is 17.1 Å². The summed E-state index contributed by atoms with van der Waals surface area (Å²) in [7, 11) is 0. The van der Waals surface area contributed by atoms with Crippen molar-refractivity contribution in [2.45, 2.75) is 56.3 Å². The average molecular weight is 772 g/mol. The van der Waals surface area contributed by atoms with E-state index in [0.29, 0.717) is 5.92 Å². The van der Waals surface area contributed by atoms with E-state index in [1.807, 2.05) is 0 Å². The van der Waals surface area contributed by atoms with E-state index >= 15 is 0 Å². The Morgan fingerprint density at radius 2 is 0.983 bits per heavy atom. The van der Waals surface area contributed by atoms with Crippen LogP contribution in [0.1, 0.15) is 84.2 Å². The highest BCUT2D eigenvalue weighted by atomic mass is 15.1. The van der Waals surface area contributed by atoms with Crippen molar-refractivity contribution in [3.63, 3.8) is 0 Å². The van der Waals surface area contributed by atoms with Crippen LogP contribution in [0.5, 0.6) is 0 Å². The number of anilines is 3. The summed E-state index contributed by atoms with van der Waals surface area (Å²) < 4.78 is 0. The summed E-state index contributed by atoms with van der Waals surface area (Å²) in [6.45, 7) is 0. The normalized spacial score (nSPS) is 15.4. The van der Waals surface area contributed by atoms with Gasteiger partial charge in [0.25, 0.3) is 0 Å². The standard InChI is InChI=1S/C59H49N/c1-5-22-42(23-6-1)47-35-19-24-43-25-20-36-50(57(43)47)48-32-14-17-40-55(48)60(46-30-11-4-12-31-46)56-41-18-15-33-49(56)51-37-21-39-54-58(51)52-34-13-16-38-53(52)59(54,44-26-7-2-8-27-44)45-28-9-3-10-29-45/h2-4,7-19,21,24-35,37-42H,1,5-6,20,22-23,36H2. The molecule has 0 radical (unpaired) electrons. The van der Waals surface area contributed by atoms with Gasteiger partial charge in [0.15, 0.2) is 0 Å². The van der Waals surface area contributed by atoms with Crippen LogP contribution in [-0.2, 0) is 5.41 Å². The zero-order valence-electron chi connectivity index (χ0n) is 34.1. The Morgan fingerprint density at radius 3 is 1.70 bits per heavy atom. The maximum absolute atomic E-state index is 2.54. The van der Waals surface area contributed by atoms with Crippen LogP contribution in [-0.4, -0.2) is 0 Å². The predicted molar refractivity (Wildman–Crippen MR) is 252 cm³/mol. The SMILES string of the molecule is C1=c2cccc(C3CCCCC3)c2=C(c2ccccc2N(c2ccccc2)c2ccccc2-c2cccc3c2-c2ccccc2C3(c2ccccc2)c2ccccc2)CC1. The number of rotatable bonds is 8. The fraction of sp³-hybridized carbons (Fsp3) is 0.153. The van der Waals surface area contributed by atoms with Crippen molar-refractivity contribution < 1.29 is 0 Å². The Bertz CT molecular complexity index is 2920. The first kappa shape index (κ1) is 36.4. The Labute approximate surface area is 354 Å². The molecule has 11 rings (SSSR count). The molecule has 3 aliphatic carbocycles. The smallest absolute Gasteiger partial charge is 0.0713 e. The van der Waals surface area contributed by atoms with Crippen LogP contribution in [0, 0.1) is 0 Å². The van der Waals surface area contributed by atoms with E-state index in [9.17, 15) is 0 Å². The van der Waals surface area contributed by atoms with Crippen molar-refractivity contribution in [3.05, 3.63) is 244 Å². The molecule has 8 aromatic carbocycles. The lowest BCUT2D eigenvalue weighted by Crippen LogP contribution is -2.35. The van der Waals surface area contributed by atoms with E-state index in [2.05, 4.69) is 211 Å². The van der Waals surface area contributed by atoms with Gasteiger partial charge in [-0.25, -0.2) is 0 Å². The van der Waals surface area contributed by atoms with Crippen molar-refractivity contribution in [3.8, 4) is 22.3 Å². The van der Waals surface area contributed by atoms with Crippen LogP contribution in [0.15, 0.2) is 200 Å². The van der Waals surface area contributed by atoms with E-state index in [4.69, 9.17) is 0 Å². The molecular weight excluding hydrogens is 723 g/mol. The number of fused-ring (bicyclic) bond motifs is 4. The van der Waals surface area contributed by atoms with Gasteiger partial charge in [0.2, 0.25) is 0 Å². The van der Waals surface area contributed by atoms with Crippen LogP contribution in [0.3, 0.4) is 0 Å². The second kappa shape index (κ2) is 15.5. The molecule has 0 aliphatic heterocycles. The lowest BCUT2D eigenvalue weighted by Gasteiger charge is -2.34. The molecule has 0 unspecified atom stereocenters. The molecule has 0 bridgehead atoms. The molecule has 1 heteroatoms. The second-order valence-electron chi connectivity index (χ2n) is 16.8. The molecule has 0 aromatic heterocycles. The molecule has 0 amide bonds. The highest BCUT2D eigenvalue weighted by molar-refractivity contribution is 6.00. The van der Waals surface area contributed by atoms with Crippen LogP contribution < -0.4 is 15.3 Å². The van der Waals surface area contributed by atoms with Crippen molar-refractivity contribution in [1.82, 2.24) is 0 Å². The average Bonchev–Trinajstić information content (AvgIpc) is 3.64. The third-order valence-corrected chi connectivity index (χ3v) is 13.6. The maximum atomic E-state index is 2.54. The molecule has 0 saturated heterocycles. The minimum atomic E-state index is -0.469. The van der Waals surface area contributed by atoms with E-state index in [1.54, 1.807) is 5.56 Å². The molecule has 0 heterocycles. The zero-order chi connectivity index (χ0) is 39.9. The number of nitrogens with zero attached hydrogens (tertiary/aromatic N) is 1. The highest BCUT2D eigenvalue weighted by Crippen LogP contribution is 2.59. The van der Waals surface area contributed by atoms with Crippen LogP contribution in [0.2, 0.25) is 0 Å². The third-order valence-electron chi connectivity index (χ3n) is 13.6. The number of para-hydroxylation sites is 3. The Morgan fingerprint density at radius 1 is 0.433 bits per heavy atom. The molecule has 1 nitrogen and oxygen atoms in total. The van der Waals surface area contributed by atoms with Crippen molar-refractivity contribution in [2.75, 3.05) is 4.90 Å². The summed E-state index contributed by atoms with van der Waals surface area (Å²) in [5.74, 6) is 0.621. The highest BCUT2D eigenvalue weighted by Gasteiger charge is 2.47. The third kappa shape index (κ3) is 5.90. The summed E-state index contributed by atoms with van der Waals surface area (Å²) >= 11 is 0. The van der Waals surface area contributed by atoms with Crippen LogP contribution >= 0.6 is 0 Å². The van der Waals surface area contributed by atoms with E-state index < -0.39 is 5.41 Å². The summed E-state index contributed by atoms with van der Waals surface area (Å²) in [4.78, 5) is 2.54. The zero-order valence-corrected chi connectivity index (χ0v) is 34.1. The van der Waals surface area contributed by atoms with Gasteiger partial charge in [0.1, 0.15) is 0 Å². The number of hydrogen-bond acceptors (Lipinski definition) is 1. The van der Waals surface area contributed by atoms with Gasteiger partial charge in [0.05, 0.1) is 16.8 Å². The topological polar surface area (TPSA) is 3.24 Å². The summed E-state index contributed by atoms with van der Waals surface area (Å²) in [5, 5.41) is 2.89. The molecule has 60 heavy (non-hydrogen) atoms. The molecule has 0 atom stereocenters. The predicted octanol–water partition coefficient (Wildman–Crippen LogP) is 14.0. The first-order chi connectivity index (χ1) is 29.8. The van der Waals surface area contributed by atoms with Gasteiger partial charge < -0.3 is 4.90 Å². The van der Waals surface area contributed by atoms with Gasteiger partial charge in [-0.1, -0.05) is 201 Å². The van der Waals surface area contributed by atoms with Gasteiger partial charge in [0, 0.05) is 16.8 Å². The molecule has 8 aromatic rings. The lowest BCUT2D eigenvalue weighted by molar-refractivity contribution is 0.442. The monoisotopic (exact) mass is 771 g/mol. The van der Waals surface area contributed by atoms with E-state index in [-0.39, 0.29) is 0 Å². The quantitative estimate of drug-likeness (QED) is 0.149. The minimum absolute atomic E-state index is 0.469. The molecule has 0 N–H and O–H groups in total. The molecule has 1 fully saturated rings. The molecule has 0 spiro atoms.